The Labute approximate surface area is 171 Å². The van der Waals surface area contributed by atoms with Crippen molar-refractivity contribution >= 4 is 16.8 Å². The molecule has 1 amide bonds. The zero-order valence-corrected chi connectivity index (χ0v) is 16.2. The number of halogens is 1. The van der Waals surface area contributed by atoms with Crippen molar-refractivity contribution in [3.8, 4) is 11.5 Å². The van der Waals surface area contributed by atoms with Crippen LogP contribution < -0.4 is 15.0 Å². The molecule has 1 aromatic heterocycles. The second kappa shape index (κ2) is 7.44. The second-order valence-electron chi connectivity index (χ2n) is 7.49. The molecular weight excluding hydrogens is 389 g/mol. The van der Waals surface area contributed by atoms with Crippen LogP contribution in [0.5, 0.6) is 11.5 Å². The number of carbonyl (C=O) groups excluding carboxylic acids is 1. The summed E-state index contributed by atoms with van der Waals surface area (Å²) in [4.78, 5) is 31.7. The number of fused-ring (bicyclic) bond motifs is 2. The summed E-state index contributed by atoms with van der Waals surface area (Å²) in [7, 11) is 0. The van der Waals surface area contributed by atoms with Gasteiger partial charge in [0.05, 0.1) is 23.3 Å². The maximum atomic E-state index is 13.4. The van der Waals surface area contributed by atoms with Crippen LogP contribution in [0.3, 0.4) is 0 Å². The van der Waals surface area contributed by atoms with E-state index in [9.17, 15) is 14.0 Å². The molecule has 1 fully saturated rings. The summed E-state index contributed by atoms with van der Waals surface area (Å²) in [6.07, 6.45) is 3.03. The van der Waals surface area contributed by atoms with E-state index in [-0.39, 0.29) is 35.0 Å². The Kier molecular flexibility index (Phi) is 4.61. The largest absolute Gasteiger partial charge is 0.486 e. The number of hydrogen-bond acceptors (Lipinski definition) is 5. The van der Waals surface area contributed by atoms with Crippen LogP contribution in [0.4, 0.5) is 4.39 Å². The van der Waals surface area contributed by atoms with Crippen LogP contribution >= 0.6 is 0 Å². The summed E-state index contributed by atoms with van der Waals surface area (Å²) < 4.78 is 25.9. The third-order valence-electron chi connectivity index (χ3n) is 5.62. The van der Waals surface area contributed by atoms with Crippen molar-refractivity contribution in [2.24, 2.45) is 0 Å². The fourth-order valence-corrected chi connectivity index (χ4v) is 4.16. The molecule has 154 valence electrons. The van der Waals surface area contributed by atoms with E-state index in [1.807, 2.05) is 18.2 Å². The van der Waals surface area contributed by atoms with Gasteiger partial charge in [-0.3, -0.25) is 14.2 Å². The standard InChI is InChI=1S/C22H20FN3O4/c23-15-4-5-16-17(11-15)24-13-25(22(16)28)12-21(27)26-7-1-2-18(26)14-3-6-19-20(10-14)30-9-8-29-19/h3-6,10-11,13,18H,1-2,7-9,12H2/t18-/m0/s1. The molecule has 1 saturated heterocycles. The number of ether oxygens (including phenoxy) is 2. The summed E-state index contributed by atoms with van der Waals surface area (Å²) in [5, 5.41) is 0.288. The van der Waals surface area contributed by atoms with E-state index in [1.165, 1.54) is 29.1 Å². The summed E-state index contributed by atoms with van der Waals surface area (Å²) >= 11 is 0. The number of benzene rings is 2. The number of carbonyl (C=O) groups is 1. The molecule has 0 aliphatic carbocycles. The number of likely N-dealkylation sites (tertiary alicyclic amines) is 1. The van der Waals surface area contributed by atoms with E-state index in [0.717, 1.165) is 18.4 Å². The molecule has 0 bridgehead atoms. The number of aromatic nitrogens is 2. The highest BCUT2D eigenvalue weighted by Gasteiger charge is 2.31. The van der Waals surface area contributed by atoms with Gasteiger partial charge in [0.15, 0.2) is 11.5 Å². The Balaban J connectivity index is 1.39. The molecule has 0 saturated carbocycles. The van der Waals surface area contributed by atoms with Gasteiger partial charge in [0.2, 0.25) is 5.91 Å². The van der Waals surface area contributed by atoms with E-state index in [0.29, 0.717) is 31.3 Å². The first kappa shape index (κ1) is 18.6. The highest BCUT2D eigenvalue weighted by Crippen LogP contribution is 2.38. The van der Waals surface area contributed by atoms with Gasteiger partial charge in [-0.25, -0.2) is 9.37 Å². The molecule has 0 spiro atoms. The van der Waals surface area contributed by atoms with Crippen molar-refractivity contribution in [1.29, 1.82) is 0 Å². The van der Waals surface area contributed by atoms with Crippen LogP contribution in [0.15, 0.2) is 47.5 Å². The second-order valence-corrected chi connectivity index (χ2v) is 7.49. The Morgan fingerprint density at radius 1 is 1.13 bits per heavy atom. The fraction of sp³-hybridized carbons (Fsp3) is 0.318. The molecule has 2 aliphatic rings. The van der Waals surface area contributed by atoms with Gasteiger partial charge in [-0.05, 0) is 42.7 Å². The lowest BCUT2D eigenvalue weighted by Crippen LogP contribution is -2.36. The van der Waals surface area contributed by atoms with Crippen molar-refractivity contribution in [3.05, 3.63) is 64.5 Å². The SMILES string of the molecule is O=C(Cn1cnc2cc(F)ccc2c1=O)N1CCC[C@H]1c1ccc2c(c1)OCCO2. The van der Waals surface area contributed by atoms with Crippen LogP contribution in [0.1, 0.15) is 24.4 Å². The molecule has 1 atom stereocenters. The minimum atomic E-state index is -0.456. The van der Waals surface area contributed by atoms with Crippen molar-refractivity contribution in [3.63, 3.8) is 0 Å². The number of amides is 1. The van der Waals surface area contributed by atoms with Crippen LogP contribution in [-0.2, 0) is 11.3 Å². The van der Waals surface area contributed by atoms with Gasteiger partial charge in [0.1, 0.15) is 25.6 Å². The van der Waals surface area contributed by atoms with Crippen LogP contribution in [0.2, 0.25) is 0 Å². The highest BCUT2D eigenvalue weighted by molar-refractivity contribution is 5.79. The Morgan fingerprint density at radius 2 is 1.97 bits per heavy atom. The first-order chi connectivity index (χ1) is 14.6. The van der Waals surface area contributed by atoms with Gasteiger partial charge in [0, 0.05) is 12.6 Å². The average molecular weight is 409 g/mol. The zero-order chi connectivity index (χ0) is 20.7. The number of hydrogen-bond donors (Lipinski definition) is 0. The lowest BCUT2D eigenvalue weighted by Gasteiger charge is -2.27. The molecule has 3 aromatic rings. The van der Waals surface area contributed by atoms with Crippen molar-refractivity contribution in [2.75, 3.05) is 19.8 Å². The Morgan fingerprint density at radius 3 is 2.83 bits per heavy atom. The molecule has 2 aliphatic heterocycles. The molecule has 5 rings (SSSR count). The lowest BCUT2D eigenvalue weighted by molar-refractivity contribution is -0.132. The van der Waals surface area contributed by atoms with E-state index >= 15 is 0 Å². The van der Waals surface area contributed by atoms with Crippen molar-refractivity contribution < 1.29 is 18.7 Å². The van der Waals surface area contributed by atoms with Gasteiger partial charge >= 0.3 is 0 Å². The van der Waals surface area contributed by atoms with Crippen LogP contribution in [0, 0.1) is 5.82 Å². The molecule has 2 aromatic carbocycles. The molecule has 7 nitrogen and oxygen atoms in total. The zero-order valence-electron chi connectivity index (χ0n) is 16.2. The van der Waals surface area contributed by atoms with E-state index < -0.39 is 5.82 Å². The summed E-state index contributed by atoms with van der Waals surface area (Å²) in [5.41, 5.74) is 0.909. The third kappa shape index (κ3) is 3.28. The van der Waals surface area contributed by atoms with Gasteiger partial charge in [-0.15, -0.1) is 0 Å². The lowest BCUT2D eigenvalue weighted by atomic mass is 10.0. The van der Waals surface area contributed by atoms with E-state index in [1.54, 1.807) is 4.90 Å². The highest BCUT2D eigenvalue weighted by atomic mass is 19.1. The number of rotatable bonds is 3. The fourth-order valence-electron chi connectivity index (χ4n) is 4.16. The smallest absolute Gasteiger partial charge is 0.261 e. The normalized spacial score (nSPS) is 18.0. The minimum absolute atomic E-state index is 0.0773. The monoisotopic (exact) mass is 409 g/mol. The predicted octanol–water partition coefficient (Wildman–Crippen LogP) is 2.67. The van der Waals surface area contributed by atoms with Gasteiger partial charge < -0.3 is 14.4 Å². The molecule has 3 heterocycles. The predicted molar refractivity (Wildman–Crippen MR) is 107 cm³/mol. The first-order valence-electron chi connectivity index (χ1n) is 9.94. The molecule has 0 unspecified atom stereocenters. The maximum absolute atomic E-state index is 13.4. The maximum Gasteiger partial charge on any atom is 0.261 e. The first-order valence-corrected chi connectivity index (χ1v) is 9.94. The van der Waals surface area contributed by atoms with Crippen molar-refractivity contribution in [1.82, 2.24) is 14.5 Å². The third-order valence-corrected chi connectivity index (χ3v) is 5.62. The van der Waals surface area contributed by atoms with Crippen molar-refractivity contribution in [2.45, 2.75) is 25.4 Å². The van der Waals surface area contributed by atoms with Crippen LogP contribution in [0.25, 0.3) is 10.9 Å². The summed E-state index contributed by atoms with van der Waals surface area (Å²) in [6.45, 7) is 1.55. The number of nitrogens with zero attached hydrogens (tertiary/aromatic N) is 3. The molecule has 0 radical (unpaired) electrons. The topological polar surface area (TPSA) is 73.7 Å². The Hall–Kier alpha value is -3.42. The van der Waals surface area contributed by atoms with E-state index in [2.05, 4.69) is 4.98 Å². The molecule has 30 heavy (non-hydrogen) atoms. The Bertz CT molecular complexity index is 1190. The van der Waals surface area contributed by atoms with Gasteiger partial charge in [0.25, 0.3) is 5.56 Å². The molecule has 8 heteroatoms. The van der Waals surface area contributed by atoms with E-state index in [4.69, 9.17) is 9.47 Å². The van der Waals surface area contributed by atoms with Gasteiger partial charge in [-0.2, -0.15) is 0 Å². The minimum Gasteiger partial charge on any atom is -0.486 e. The average Bonchev–Trinajstić information content (AvgIpc) is 3.25. The van der Waals surface area contributed by atoms with Crippen LogP contribution in [-0.4, -0.2) is 40.1 Å². The quantitative estimate of drug-likeness (QED) is 0.665. The molecule has 0 N–H and O–H groups in total. The molecular formula is C22H20FN3O4. The summed E-state index contributed by atoms with van der Waals surface area (Å²) in [6, 6.07) is 9.52. The summed E-state index contributed by atoms with van der Waals surface area (Å²) in [5.74, 6) is 0.798. The van der Waals surface area contributed by atoms with Gasteiger partial charge in [-0.1, -0.05) is 6.07 Å².